The first-order valence-electron chi connectivity index (χ1n) is 10.3. The van der Waals surface area contributed by atoms with Crippen molar-refractivity contribution in [2.75, 3.05) is 68.2 Å². The minimum absolute atomic E-state index is 0.121. The van der Waals surface area contributed by atoms with Crippen LogP contribution in [0, 0.1) is 0 Å². The maximum atomic E-state index is 13.0. The molecule has 1 aromatic carbocycles. The second kappa shape index (κ2) is 12.7. The molecule has 10 heteroatoms. The van der Waals surface area contributed by atoms with E-state index in [1.807, 2.05) is 19.0 Å². The number of nitrogens with zero attached hydrogens (tertiary/aromatic N) is 3. The zero-order valence-electron chi connectivity index (χ0n) is 19.3. The maximum Gasteiger partial charge on any atom is 0.276 e. The first kappa shape index (κ1) is 25.2. The summed E-state index contributed by atoms with van der Waals surface area (Å²) in [6.07, 6.45) is 0.178. The van der Waals surface area contributed by atoms with Gasteiger partial charge in [0.05, 0.1) is 26.4 Å². The first-order chi connectivity index (χ1) is 15.4. The van der Waals surface area contributed by atoms with Gasteiger partial charge < -0.3 is 33.9 Å². The number of methoxy groups -OCH3 is 3. The fourth-order valence-corrected chi connectivity index (χ4v) is 2.93. The molecule has 0 aliphatic heterocycles. The number of rotatable bonds is 13. The maximum absolute atomic E-state index is 13.0. The molecule has 10 nitrogen and oxygen atoms in total. The molecule has 2 amide bonds. The Hall–Kier alpha value is -3.11. The van der Waals surface area contributed by atoms with Gasteiger partial charge in [-0.15, -0.1) is 0 Å². The summed E-state index contributed by atoms with van der Waals surface area (Å²) in [4.78, 5) is 28.7. The molecule has 0 saturated heterocycles. The topological polar surface area (TPSA) is 106 Å². The highest BCUT2D eigenvalue weighted by atomic mass is 16.5. The van der Waals surface area contributed by atoms with Gasteiger partial charge in [-0.1, -0.05) is 5.16 Å². The summed E-state index contributed by atoms with van der Waals surface area (Å²) >= 11 is 0. The third-order valence-corrected chi connectivity index (χ3v) is 4.74. The van der Waals surface area contributed by atoms with Gasteiger partial charge in [0.15, 0.2) is 11.5 Å². The second-order valence-electron chi connectivity index (χ2n) is 7.33. The van der Waals surface area contributed by atoms with Gasteiger partial charge in [-0.05, 0) is 32.3 Å². The van der Waals surface area contributed by atoms with E-state index in [4.69, 9.17) is 18.7 Å². The van der Waals surface area contributed by atoms with E-state index in [1.165, 1.54) is 4.90 Å². The first-order valence-corrected chi connectivity index (χ1v) is 10.3. The fraction of sp³-hybridized carbons (Fsp3) is 0.500. The lowest BCUT2D eigenvalue weighted by Gasteiger charge is -2.21. The third kappa shape index (κ3) is 7.24. The Balaban J connectivity index is 2.11. The predicted octanol–water partition coefficient (Wildman–Crippen LogP) is 1.52. The molecule has 32 heavy (non-hydrogen) atoms. The zero-order chi connectivity index (χ0) is 23.5. The van der Waals surface area contributed by atoms with E-state index in [1.54, 1.807) is 45.6 Å². The number of amides is 2. The van der Waals surface area contributed by atoms with E-state index in [0.717, 1.165) is 6.54 Å². The lowest BCUT2D eigenvalue weighted by Crippen LogP contribution is -2.38. The van der Waals surface area contributed by atoms with Gasteiger partial charge in [0.25, 0.3) is 5.91 Å². The van der Waals surface area contributed by atoms with Crippen molar-refractivity contribution in [3.8, 4) is 22.8 Å². The van der Waals surface area contributed by atoms with E-state index >= 15 is 0 Å². The largest absolute Gasteiger partial charge is 0.497 e. The number of hydrogen-bond donors (Lipinski definition) is 1. The molecule has 2 rings (SSSR count). The molecule has 176 valence electrons. The molecule has 0 spiro atoms. The smallest absolute Gasteiger partial charge is 0.276 e. The van der Waals surface area contributed by atoms with Gasteiger partial charge in [0, 0.05) is 45.8 Å². The van der Waals surface area contributed by atoms with Crippen molar-refractivity contribution < 1.29 is 28.3 Å². The Labute approximate surface area is 188 Å². The lowest BCUT2D eigenvalue weighted by atomic mass is 10.1. The van der Waals surface area contributed by atoms with Crippen molar-refractivity contribution in [1.82, 2.24) is 20.3 Å². The van der Waals surface area contributed by atoms with Crippen LogP contribution in [0.25, 0.3) is 11.3 Å². The van der Waals surface area contributed by atoms with Gasteiger partial charge in [-0.2, -0.15) is 0 Å². The predicted molar refractivity (Wildman–Crippen MR) is 119 cm³/mol. The van der Waals surface area contributed by atoms with Crippen LogP contribution >= 0.6 is 0 Å². The average Bonchev–Trinajstić information content (AvgIpc) is 3.28. The van der Waals surface area contributed by atoms with Crippen molar-refractivity contribution in [1.29, 1.82) is 0 Å². The van der Waals surface area contributed by atoms with E-state index in [2.05, 4.69) is 10.5 Å². The summed E-state index contributed by atoms with van der Waals surface area (Å²) in [7, 11) is 8.53. The summed E-state index contributed by atoms with van der Waals surface area (Å²) in [6.45, 7) is 2.19. The minimum Gasteiger partial charge on any atom is -0.497 e. The normalized spacial score (nSPS) is 10.8. The van der Waals surface area contributed by atoms with Crippen LogP contribution in [0.1, 0.15) is 16.9 Å². The van der Waals surface area contributed by atoms with Crippen molar-refractivity contribution in [3.05, 3.63) is 30.0 Å². The van der Waals surface area contributed by atoms with Crippen molar-refractivity contribution >= 4 is 11.8 Å². The summed E-state index contributed by atoms with van der Waals surface area (Å²) in [5.74, 6) is 1.08. The van der Waals surface area contributed by atoms with Crippen LogP contribution in [-0.2, 0) is 9.53 Å². The highest BCUT2D eigenvalue weighted by Crippen LogP contribution is 2.33. The molecule has 0 saturated carbocycles. The number of aromatic nitrogens is 1. The average molecular weight is 449 g/mol. The standard InChI is InChI=1S/C22H32N4O6/c1-25(2)11-9-23-21(27)8-10-26(12-13-29-3)22(28)18-15-20(32-24-18)17-14-16(30-4)6-7-19(17)31-5/h6-7,14-15H,8-13H2,1-5H3,(H,23,27). The third-order valence-electron chi connectivity index (χ3n) is 4.74. The molecule has 0 aliphatic rings. The van der Waals surface area contributed by atoms with Crippen LogP contribution < -0.4 is 14.8 Å². The highest BCUT2D eigenvalue weighted by molar-refractivity contribution is 5.93. The number of nitrogens with one attached hydrogen (secondary N) is 1. The zero-order valence-corrected chi connectivity index (χ0v) is 19.3. The van der Waals surface area contributed by atoms with E-state index in [9.17, 15) is 9.59 Å². The Morgan fingerprint density at radius 3 is 2.50 bits per heavy atom. The van der Waals surface area contributed by atoms with Crippen LogP contribution in [-0.4, -0.2) is 95.0 Å². The van der Waals surface area contributed by atoms with Gasteiger partial charge in [0.1, 0.15) is 11.5 Å². The molecule has 0 bridgehead atoms. The summed E-state index contributed by atoms with van der Waals surface area (Å²) in [6, 6.07) is 6.81. The molecule has 0 atom stereocenters. The van der Waals surface area contributed by atoms with Crippen molar-refractivity contribution in [2.24, 2.45) is 0 Å². The summed E-state index contributed by atoms with van der Waals surface area (Å²) in [5, 5.41) is 6.78. The van der Waals surface area contributed by atoms with Crippen LogP contribution in [0.5, 0.6) is 11.5 Å². The Bertz CT molecular complexity index is 883. The molecule has 1 N–H and O–H groups in total. The van der Waals surface area contributed by atoms with Crippen LogP contribution in [0.15, 0.2) is 28.8 Å². The van der Waals surface area contributed by atoms with Gasteiger partial charge in [0.2, 0.25) is 5.91 Å². The quantitative estimate of drug-likeness (QED) is 0.492. The highest BCUT2D eigenvalue weighted by Gasteiger charge is 2.22. The van der Waals surface area contributed by atoms with Gasteiger partial charge >= 0.3 is 0 Å². The van der Waals surface area contributed by atoms with E-state index in [0.29, 0.717) is 42.5 Å². The Kier molecular flexibility index (Phi) is 9.96. The minimum atomic E-state index is -0.347. The van der Waals surface area contributed by atoms with Crippen LogP contribution in [0.2, 0.25) is 0 Å². The lowest BCUT2D eigenvalue weighted by molar-refractivity contribution is -0.121. The molecule has 2 aromatic rings. The fourth-order valence-electron chi connectivity index (χ4n) is 2.93. The Morgan fingerprint density at radius 1 is 1.06 bits per heavy atom. The van der Waals surface area contributed by atoms with E-state index < -0.39 is 0 Å². The summed E-state index contributed by atoms with van der Waals surface area (Å²) < 4.78 is 21.2. The molecule has 1 aromatic heterocycles. The number of carbonyl (C=O) groups excluding carboxylic acids is 2. The number of benzene rings is 1. The number of ether oxygens (including phenoxy) is 3. The monoisotopic (exact) mass is 448 g/mol. The van der Waals surface area contributed by atoms with Gasteiger partial charge in [-0.25, -0.2) is 0 Å². The van der Waals surface area contributed by atoms with Gasteiger partial charge in [-0.3, -0.25) is 9.59 Å². The van der Waals surface area contributed by atoms with Crippen LogP contribution in [0.4, 0.5) is 0 Å². The van der Waals surface area contributed by atoms with Crippen molar-refractivity contribution in [2.45, 2.75) is 6.42 Å². The molecular weight excluding hydrogens is 416 g/mol. The second-order valence-corrected chi connectivity index (χ2v) is 7.33. The SMILES string of the molecule is COCCN(CCC(=O)NCCN(C)C)C(=O)c1cc(-c2cc(OC)ccc2OC)on1. The molecule has 0 radical (unpaired) electrons. The van der Waals surface area contributed by atoms with Crippen LogP contribution in [0.3, 0.4) is 0 Å². The number of carbonyl (C=O) groups is 2. The number of hydrogen-bond acceptors (Lipinski definition) is 8. The summed E-state index contributed by atoms with van der Waals surface area (Å²) in [5.41, 5.74) is 0.746. The Morgan fingerprint density at radius 2 is 1.84 bits per heavy atom. The molecular formula is C22H32N4O6. The van der Waals surface area contributed by atoms with E-state index in [-0.39, 0.29) is 30.5 Å². The van der Waals surface area contributed by atoms with Crippen molar-refractivity contribution in [3.63, 3.8) is 0 Å². The number of likely N-dealkylation sites (N-methyl/N-ethyl adjacent to an activating group) is 1. The molecule has 0 unspecified atom stereocenters. The molecule has 1 heterocycles. The molecule has 0 aliphatic carbocycles. The molecule has 0 fully saturated rings.